The van der Waals surface area contributed by atoms with Gasteiger partial charge in [-0.15, -0.1) is 11.3 Å². The van der Waals surface area contributed by atoms with Crippen LogP contribution < -0.4 is 5.73 Å². The number of thiophene rings is 1. The van der Waals surface area contributed by atoms with Crippen LogP contribution in [0.5, 0.6) is 0 Å². The lowest BCUT2D eigenvalue weighted by atomic mass is 10.1. The van der Waals surface area contributed by atoms with Gasteiger partial charge in [-0.25, -0.2) is 8.78 Å². The third-order valence-electron chi connectivity index (χ3n) is 3.04. The molecule has 0 saturated carbocycles. The molecule has 2 aromatic heterocycles. The summed E-state index contributed by atoms with van der Waals surface area (Å²) in [5.74, 6) is -0.615. The number of nitrogen functional groups attached to an aromatic ring is 1. The highest BCUT2D eigenvalue weighted by molar-refractivity contribution is 7.13. The normalized spacial score (nSPS) is 10.9. The minimum atomic E-state index is -0.526. The van der Waals surface area contributed by atoms with Crippen molar-refractivity contribution in [3.05, 3.63) is 47.3 Å². The van der Waals surface area contributed by atoms with E-state index >= 15 is 0 Å². The van der Waals surface area contributed by atoms with Gasteiger partial charge in [0.2, 0.25) is 0 Å². The molecule has 2 heterocycles. The highest BCUT2D eigenvalue weighted by atomic mass is 32.1. The highest BCUT2D eigenvalue weighted by Gasteiger charge is 2.20. The van der Waals surface area contributed by atoms with Gasteiger partial charge in [-0.3, -0.25) is 4.68 Å². The molecule has 1 aromatic carbocycles. The first kappa shape index (κ1) is 12.8. The van der Waals surface area contributed by atoms with Crippen molar-refractivity contribution in [3.63, 3.8) is 0 Å². The summed E-state index contributed by atoms with van der Waals surface area (Å²) in [6, 6.07) is 7.05. The molecule has 3 rings (SSSR count). The van der Waals surface area contributed by atoms with Gasteiger partial charge in [-0.2, -0.15) is 5.10 Å². The fourth-order valence-corrected chi connectivity index (χ4v) is 2.85. The van der Waals surface area contributed by atoms with Crippen molar-refractivity contribution < 1.29 is 8.78 Å². The molecule has 0 saturated heterocycles. The molecule has 0 aliphatic carbocycles. The maximum absolute atomic E-state index is 14.0. The van der Waals surface area contributed by atoms with Crippen molar-refractivity contribution in [2.24, 2.45) is 7.05 Å². The maximum Gasteiger partial charge on any atom is 0.132 e. The lowest BCUT2D eigenvalue weighted by Crippen LogP contribution is -1.97. The summed E-state index contributed by atoms with van der Waals surface area (Å²) in [6.45, 7) is 0. The topological polar surface area (TPSA) is 43.8 Å². The third-order valence-corrected chi connectivity index (χ3v) is 3.93. The largest absolute Gasteiger partial charge is 0.383 e. The van der Waals surface area contributed by atoms with E-state index in [9.17, 15) is 8.78 Å². The molecule has 20 heavy (non-hydrogen) atoms. The van der Waals surface area contributed by atoms with Crippen LogP contribution in [-0.4, -0.2) is 9.78 Å². The van der Waals surface area contributed by atoms with Crippen LogP contribution in [0.1, 0.15) is 0 Å². The summed E-state index contributed by atoms with van der Waals surface area (Å²) >= 11 is 1.47. The number of benzene rings is 1. The van der Waals surface area contributed by atoms with Crippen molar-refractivity contribution >= 4 is 17.2 Å². The van der Waals surface area contributed by atoms with E-state index < -0.39 is 11.6 Å². The summed E-state index contributed by atoms with van der Waals surface area (Å²) < 4.78 is 28.8. The SMILES string of the molecule is Cn1nc(-c2cc(F)ccc2F)c(-c2cccs2)c1N. The van der Waals surface area contributed by atoms with Crippen LogP contribution >= 0.6 is 11.3 Å². The Bertz CT molecular complexity index is 763. The Hall–Kier alpha value is -2.21. The fourth-order valence-electron chi connectivity index (χ4n) is 2.07. The van der Waals surface area contributed by atoms with E-state index in [0.29, 0.717) is 17.1 Å². The minimum Gasteiger partial charge on any atom is -0.383 e. The number of nitrogens with two attached hydrogens (primary N) is 1. The Morgan fingerprint density at radius 2 is 2.05 bits per heavy atom. The van der Waals surface area contributed by atoms with Gasteiger partial charge >= 0.3 is 0 Å². The number of anilines is 1. The van der Waals surface area contributed by atoms with Gasteiger partial charge in [0.05, 0.1) is 5.56 Å². The van der Waals surface area contributed by atoms with Gasteiger partial charge in [-0.1, -0.05) is 6.07 Å². The lowest BCUT2D eigenvalue weighted by molar-refractivity contribution is 0.602. The summed E-state index contributed by atoms with van der Waals surface area (Å²) in [5.41, 5.74) is 7.11. The van der Waals surface area contributed by atoms with Crippen LogP contribution in [0.4, 0.5) is 14.6 Å². The Labute approximate surface area is 118 Å². The summed E-state index contributed by atoms with van der Waals surface area (Å²) in [6.07, 6.45) is 0. The first-order valence-electron chi connectivity index (χ1n) is 5.89. The molecule has 2 N–H and O–H groups in total. The van der Waals surface area contributed by atoms with E-state index in [1.54, 1.807) is 7.05 Å². The standard InChI is InChI=1S/C14H11F2N3S/c1-19-14(17)12(11-3-2-6-20-11)13(18-19)9-7-8(15)4-5-10(9)16/h2-7H,17H2,1H3. The lowest BCUT2D eigenvalue weighted by Gasteiger charge is -2.03. The summed E-state index contributed by atoms with van der Waals surface area (Å²) in [7, 11) is 1.67. The zero-order chi connectivity index (χ0) is 14.3. The van der Waals surface area contributed by atoms with Crippen LogP contribution in [0.25, 0.3) is 21.7 Å². The van der Waals surface area contributed by atoms with E-state index in [0.717, 1.165) is 23.1 Å². The average molecular weight is 291 g/mol. The smallest absolute Gasteiger partial charge is 0.132 e. The Morgan fingerprint density at radius 3 is 2.75 bits per heavy atom. The van der Waals surface area contributed by atoms with Crippen molar-refractivity contribution in [2.45, 2.75) is 0 Å². The van der Waals surface area contributed by atoms with E-state index in [2.05, 4.69) is 5.10 Å². The summed E-state index contributed by atoms with van der Waals surface area (Å²) in [5, 5.41) is 6.13. The van der Waals surface area contributed by atoms with Crippen LogP contribution in [0.3, 0.4) is 0 Å². The second-order valence-corrected chi connectivity index (χ2v) is 5.28. The minimum absolute atomic E-state index is 0.112. The van der Waals surface area contributed by atoms with Crippen LogP contribution in [0.15, 0.2) is 35.7 Å². The number of hydrogen-bond acceptors (Lipinski definition) is 3. The van der Waals surface area contributed by atoms with Gasteiger partial charge in [-0.05, 0) is 29.6 Å². The molecular formula is C14H11F2N3S. The van der Waals surface area contributed by atoms with Crippen molar-refractivity contribution in [1.82, 2.24) is 9.78 Å². The molecule has 0 unspecified atom stereocenters. The number of rotatable bonds is 2. The third kappa shape index (κ3) is 1.98. The van der Waals surface area contributed by atoms with Gasteiger partial charge in [0.25, 0.3) is 0 Å². The molecule has 0 spiro atoms. The van der Waals surface area contributed by atoms with Gasteiger partial charge in [0.15, 0.2) is 0 Å². The van der Waals surface area contributed by atoms with Gasteiger partial charge in [0, 0.05) is 17.5 Å². The number of hydrogen-bond donors (Lipinski definition) is 1. The molecule has 3 aromatic rings. The van der Waals surface area contributed by atoms with Gasteiger partial charge < -0.3 is 5.73 Å². The monoisotopic (exact) mass is 291 g/mol. The fraction of sp³-hybridized carbons (Fsp3) is 0.0714. The Balaban J connectivity index is 2.30. The molecule has 0 atom stereocenters. The molecule has 0 aliphatic heterocycles. The van der Waals surface area contributed by atoms with E-state index in [-0.39, 0.29) is 5.56 Å². The predicted molar refractivity (Wildman–Crippen MR) is 76.3 cm³/mol. The molecule has 102 valence electrons. The van der Waals surface area contributed by atoms with E-state index in [1.807, 2.05) is 17.5 Å². The average Bonchev–Trinajstić information content (AvgIpc) is 3.02. The maximum atomic E-state index is 14.0. The van der Waals surface area contributed by atoms with Crippen molar-refractivity contribution in [1.29, 1.82) is 0 Å². The Morgan fingerprint density at radius 1 is 1.25 bits per heavy atom. The Kier molecular flexibility index (Phi) is 3.02. The van der Waals surface area contributed by atoms with Crippen LogP contribution in [0, 0.1) is 11.6 Å². The van der Waals surface area contributed by atoms with E-state index in [1.165, 1.54) is 16.0 Å². The highest BCUT2D eigenvalue weighted by Crippen LogP contribution is 2.39. The van der Waals surface area contributed by atoms with Crippen molar-refractivity contribution in [3.8, 4) is 21.7 Å². The molecular weight excluding hydrogens is 280 g/mol. The molecule has 0 fully saturated rings. The second-order valence-electron chi connectivity index (χ2n) is 4.33. The number of nitrogens with zero attached hydrogens (tertiary/aromatic N) is 2. The van der Waals surface area contributed by atoms with Crippen LogP contribution in [0.2, 0.25) is 0 Å². The molecule has 6 heteroatoms. The van der Waals surface area contributed by atoms with Crippen LogP contribution in [-0.2, 0) is 7.05 Å². The molecule has 3 nitrogen and oxygen atoms in total. The number of halogens is 2. The molecule has 0 aliphatic rings. The van der Waals surface area contributed by atoms with Gasteiger partial charge in [0.1, 0.15) is 23.1 Å². The van der Waals surface area contributed by atoms with E-state index in [4.69, 9.17) is 5.73 Å². The molecule has 0 bridgehead atoms. The zero-order valence-corrected chi connectivity index (χ0v) is 11.4. The number of aryl methyl sites for hydroxylation is 1. The summed E-state index contributed by atoms with van der Waals surface area (Å²) in [4.78, 5) is 0.870. The predicted octanol–water partition coefficient (Wildman–Crippen LogP) is 3.68. The first-order chi connectivity index (χ1) is 9.58. The quantitative estimate of drug-likeness (QED) is 0.782. The first-order valence-corrected chi connectivity index (χ1v) is 6.77. The molecule has 0 radical (unpaired) electrons. The zero-order valence-electron chi connectivity index (χ0n) is 10.6. The van der Waals surface area contributed by atoms with Crippen molar-refractivity contribution in [2.75, 3.05) is 5.73 Å². The molecule has 0 amide bonds. The second kappa shape index (κ2) is 4.72. The number of aromatic nitrogens is 2.